The van der Waals surface area contributed by atoms with Crippen LogP contribution in [0.25, 0.3) is 0 Å². The molecule has 2 heterocycles. The number of nitrogens with one attached hydrogen (secondary N) is 1. The maximum Gasteiger partial charge on any atom is 0.347 e. The topological polar surface area (TPSA) is 76.9 Å². The van der Waals surface area contributed by atoms with Gasteiger partial charge in [-0.05, 0) is 0 Å². The highest BCUT2D eigenvalue weighted by Gasteiger charge is 2.06. The van der Waals surface area contributed by atoms with Crippen molar-refractivity contribution in [2.75, 3.05) is 5.32 Å². The van der Waals surface area contributed by atoms with Crippen molar-refractivity contribution in [1.82, 2.24) is 14.5 Å². The number of hydrogen-bond acceptors (Lipinski definition) is 5. The molecule has 0 aliphatic rings. The van der Waals surface area contributed by atoms with Gasteiger partial charge in [-0.25, -0.2) is 14.8 Å². The van der Waals surface area contributed by atoms with E-state index in [4.69, 9.17) is 11.6 Å². The molecular formula is C10H9ClN4O2S. The third-order valence-electron chi connectivity index (χ3n) is 1.99. The van der Waals surface area contributed by atoms with Crippen LogP contribution < -0.4 is 11.0 Å². The molecule has 1 N–H and O–H groups in total. The zero-order valence-corrected chi connectivity index (χ0v) is 11.0. The average molecular weight is 285 g/mol. The van der Waals surface area contributed by atoms with Crippen LogP contribution in [0.2, 0.25) is 5.02 Å². The molecule has 0 saturated carbocycles. The van der Waals surface area contributed by atoms with Crippen molar-refractivity contribution in [3.63, 3.8) is 0 Å². The van der Waals surface area contributed by atoms with Gasteiger partial charge in [0.15, 0.2) is 5.13 Å². The first-order valence-corrected chi connectivity index (χ1v) is 6.24. The summed E-state index contributed by atoms with van der Waals surface area (Å²) in [7, 11) is 0. The smallest absolute Gasteiger partial charge is 0.302 e. The van der Waals surface area contributed by atoms with E-state index in [1.807, 2.05) is 0 Å². The first kappa shape index (κ1) is 12.7. The number of carbonyl (C=O) groups is 1. The molecule has 0 aliphatic carbocycles. The maximum absolute atomic E-state index is 11.5. The van der Waals surface area contributed by atoms with Crippen LogP contribution in [0.15, 0.2) is 22.6 Å². The molecule has 94 valence electrons. The number of amides is 1. The van der Waals surface area contributed by atoms with Crippen LogP contribution in [0.3, 0.4) is 0 Å². The third kappa shape index (κ3) is 3.14. The molecule has 6 nitrogen and oxygen atoms in total. The molecule has 2 aromatic rings. The molecule has 18 heavy (non-hydrogen) atoms. The summed E-state index contributed by atoms with van der Waals surface area (Å²) >= 11 is 7.06. The van der Waals surface area contributed by atoms with Crippen molar-refractivity contribution in [2.24, 2.45) is 0 Å². The summed E-state index contributed by atoms with van der Waals surface area (Å²) in [5.41, 5.74) is 0.267. The minimum Gasteiger partial charge on any atom is -0.302 e. The van der Waals surface area contributed by atoms with E-state index in [0.29, 0.717) is 15.8 Å². The number of anilines is 1. The lowest BCUT2D eigenvalue weighted by atomic mass is 10.5. The summed E-state index contributed by atoms with van der Waals surface area (Å²) in [6, 6.07) is 0. The quantitative estimate of drug-likeness (QED) is 0.923. The lowest BCUT2D eigenvalue weighted by Gasteiger charge is -2.01. The van der Waals surface area contributed by atoms with Gasteiger partial charge in [-0.3, -0.25) is 9.36 Å². The van der Waals surface area contributed by atoms with E-state index in [1.54, 1.807) is 5.38 Å². The Hall–Kier alpha value is -1.73. The average Bonchev–Trinajstić information content (AvgIpc) is 2.70. The first-order valence-electron chi connectivity index (χ1n) is 4.98. The van der Waals surface area contributed by atoms with Gasteiger partial charge in [-0.2, -0.15) is 0 Å². The van der Waals surface area contributed by atoms with Crippen molar-refractivity contribution in [3.05, 3.63) is 39.0 Å². The minimum absolute atomic E-state index is 0.183. The standard InChI is InChI=1S/C10H9ClN4O2S/c1-6(16)13-9-14-8(5-18-9)4-15-3-7(11)2-12-10(15)17/h2-3,5H,4H2,1H3,(H,13,14,16). The normalized spacial score (nSPS) is 10.3. The highest BCUT2D eigenvalue weighted by Crippen LogP contribution is 2.16. The molecule has 0 aliphatic heterocycles. The van der Waals surface area contributed by atoms with Gasteiger partial charge in [-0.1, -0.05) is 11.6 Å². The molecule has 2 aromatic heterocycles. The predicted molar refractivity (Wildman–Crippen MR) is 69.0 cm³/mol. The molecule has 0 bridgehead atoms. The summed E-state index contributed by atoms with van der Waals surface area (Å²) in [4.78, 5) is 30.1. The highest BCUT2D eigenvalue weighted by atomic mass is 35.5. The van der Waals surface area contributed by atoms with E-state index < -0.39 is 5.69 Å². The zero-order chi connectivity index (χ0) is 13.1. The molecular weight excluding hydrogens is 276 g/mol. The molecule has 0 saturated heterocycles. The number of thiazole rings is 1. The number of aromatic nitrogens is 3. The fourth-order valence-corrected chi connectivity index (χ4v) is 2.22. The van der Waals surface area contributed by atoms with Crippen LogP contribution in [0.1, 0.15) is 12.6 Å². The van der Waals surface area contributed by atoms with Crippen LogP contribution in [-0.4, -0.2) is 20.4 Å². The van der Waals surface area contributed by atoms with Gasteiger partial charge in [0.1, 0.15) is 0 Å². The summed E-state index contributed by atoms with van der Waals surface area (Å²) in [6.07, 6.45) is 2.79. The second-order valence-corrected chi connectivity index (χ2v) is 4.80. The van der Waals surface area contributed by atoms with Crippen LogP contribution >= 0.6 is 22.9 Å². The van der Waals surface area contributed by atoms with E-state index in [-0.39, 0.29) is 12.5 Å². The second-order valence-electron chi connectivity index (χ2n) is 3.51. The van der Waals surface area contributed by atoms with Crippen LogP contribution in [0.5, 0.6) is 0 Å². The number of halogens is 1. The van der Waals surface area contributed by atoms with Crippen LogP contribution in [0, 0.1) is 0 Å². The number of hydrogen-bond donors (Lipinski definition) is 1. The molecule has 0 radical (unpaired) electrons. The Balaban J connectivity index is 2.18. The Morgan fingerprint density at radius 2 is 2.39 bits per heavy atom. The monoisotopic (exact) mass is 284 g/mol. The SMILES string of the molecule is CC(=O)Nc1nc(Cn2cc(Cl)cnc2=O)cs1. The molecule has 0 fully saturated rings. The fraction of sp³-hybridized carbons (Fsp3) is 0.200. The van der Waals surface area contributed by atoms with Crippen molar-refractivity contribution in [1.29, 1.82) is 0 Å². The molecule has 0 atom stereocenters. The molecule has 0 aromatic carbocycles. The summed E-state index contributed by atoms with van der Waals surface area (Å²) in [5.74, 6) is -0.183. The predicted octanol–water partition coefficient (Wildman–Crippen LogP) is 1.36. The third-order valence-corrected chi connectivity index (χ3v) is 2.99. The van der Waals surface area contributed by atoms with Gasteiger partial charge < -0.3 is 5.32 Å². The summed E-state index contributed by atoms with van der Waals surface area (Å²) in [6.45, 7) is 1.68. The number of carbonyl (C=O) groups excluding carboxylic acids is 1. The van der Waals surface area contributed by atoms with Crippen molar-refractivity contribution in [3.8, 4) is 0 Å². The van der Waals surface area contributed by atoms with Gasteiger partial charge in [0.05, 0.1) is 23.5 Å². The van der Waals surface area contributed by atoms with E-state index >= 15 is 0 Å². The maximum atomic E-state index is 11.5. The number of rotatable bonds is 3. The lowest BCUT2D eigenvalue weighted by molar-refractivity contribution is -0.114. The Bertz CT molecular complexity index is 637. The van der Waals surface area contributed by atoms with Gasteiger partial charge >= 0.3 is 5.69 Å². The first-order chi connectivity index (χ1) is 8.54. The largest absolute Gasteiger partial charge is 0.347 e. The lowest BCUT2D eigenvalue weighted by Crippen LogP contribution is -2.22. The van der Waals surface area contributed by atoms with Crippen molar-refractivity contribution < 1.29 is 4.79 Å². The zero-order valence-electron chi connectivity index (χ0n) is 9.38. The Morgan fingerprint density at radius 1 is 1.61 bits per heavy atom. The molecule has 1 amide bonds. The van der Waals surface area contributed by atoms with E-state index in [0.717, 1.165) is 0 Å². The van der Waals surface area contributed by atoms with Crippen LogP contribution in [0.4, 0.5) is 5.13 Å². The van der Waals surface area contributed by atoms with Crippen LogP contribution in [-0.2, 0) is 11.3 Å². The van der Waals surface area contributed by atoms with Gasteiger partial charge in [-0.15, -0.1) is 11.3 Å². The van der Waals surface area contributed by atoms with E-state index in [1.165, 1.54) is 35.2 Å². The van der Waals surface area contributed by atoms with E-state index in [9.17, 15) is 9.59 Å². The molecule has 0 spiro atoms. The summed E-state index contributed by atoms with van der Waals surface area (Å²) < 4.78 is 1.36. The van der Waals surface area contributed by atoms with Gasteiger partial charge in [0.2, 0.25) is 5.91 Å². The molecule has 2 rings (SSSR count). The molecule has 8 heteroatoms. The Labute approximate surface area is 111 Å². The van der Waals surface area contributed by atoms with Gasteiger partial charge in [0, 0.05) is 18.5 Å². The molecule has 0 unspecified atom stereocenters. The van der Waals surface area contributed by atoms with Crippen molar-refractivity contribution in [2.45, 2.75) is 13.5 Å². The Kier molecular flexibility index (Phi) is 3.73. The Morgan fingerprint density at radius 3 is 3.11 bits per heavy atom. The highest BCUT2D eigenvalue weighted by molar-refractivity contribution is 7.13. The van der Waals surface area contributed by atoms with Gasteiger partial charge in [0.25, 0.3) is 0 Å². The van der Waals surface area contributed by atoms with E-state index in [2.05, 4.69) is 15.3 Å². The minimum atomic E-state index is -0.395. The number of nitrogens with zero attached hydrogens (tertiary/aromatic N) is 3. The van der Waals surface area contributed by atoms with Crippen molar-refractivity contribution >= 4 is 34.0 Å². The second kappa shape index (κ2) is 5.28. The summed E-state index contributed by atoms with van der Waals surface area (Å²) in [5, 5.41) is 5.22. The fourth-order valence-electron chi connectivity index (χ4n) is 1.30.